The Hall–Kier alpha value is -3.70. The van der Waals surface area contributed by atoms with Gasteiger partial charge in [0.05, 0.1) is 17.3 Å². The Balaban J connectivity index is 1.27. The molecule has 2 aliphatic rings. The smallest absolute Gasteiger partial charge is 0.276 e. The molecule has 3 aromatic rings. The van der Waals surface area contributed by atoms with Crippen molar-refractivity contribution < 1.29 is 14.0 Å². The van der Waals surface area contributed by atoms with Crippen molar-refractivity contribution in [2.24, 2.45) is 5.41 Å². The number of likely N-dealkylation sites (tertiary alicyclic amines) is 1. The maximum Gasteiger partial charge on any atom is 0.276 e. The van der Waals surface area contributed by atoms with Crippen LogP contribution in [0.3, 0.4) is 0 Å². The van der Waals surface area contributed by atoms with Gasteiger partial charge < -0.3 is 10.2 Å². The Morgan fingerprint density at radius 2 is 1.85 bits per heavy atom. The van der Waals surface area contributed by atoms with Crippen molar-refractivity contribution in [3.8, 4) is 11.8 Å². The predicted molar refractivity (Wildman–Crippen MR) is 125 cm³/mol. The zero-order valence-electron chi connectivity index (χ0n) is 18.4. The van der Waals surface area contributed by atoms with Crippen LogP contribution < -0.4 is 5.32 Å². The number of rotatable bonds is 3. The first-order chi connectivity index (χ1) is 16.3. The molecule has 172 valence electrons. The van der Waals surface area contributed by atoms with Gasteiger partial charge in [-0.3, -0.25) is 14.3 Å². The first-order valence-corrected chi connectivity index (χ1v) is 11.2. The molecule has 1 saturated heterocycles. The number of hydrogen-bond acceptors (Lipinski definition) is 4. The number of carbonyl (C=O) groups is 2. The molecule has 5 rings (SSSR count). The maximum atomic E-state index is 14.6. The average Bonchev–Trinajstić information content (AvgIpc) is 3.13. The molecule has 2 amide bonds. The fourth-order valence-electron chi connectivity index (χ4n) is 4.62. The number of amides is 2. The number of nitrogens with one attached hydrogen (secondary N) is 1. The summed E-state index contributed by atoms with van der Waals surface area (Å²) in [5, 5.41) is 6.96. The van der Waals surface area contributed by atoms with Gasteiger partial charge in [-0.25, -0.2) is 9.37 Å². The van der Waals surface area contributed by atoms with Gasteiger partial charge in [-0.15, -0.1) is 0 Å². The van der Waals surface area contributed by atoms with Crippen molar-refractivity contribution in [1.82, 2.24) is 19.7 Å². The van der Waals surface area contributed by atoms with Crippen LogP contribution in [0.25, 0.3) is 0 Å². The van der Waals surface area contributed by atoms with Crippen molar-refractivity contribution in [2.75, 3.05) is 18.4 Å². The second kappa shape index (κ2) is 8.58. The fourth-order valence-corrected chi connectivity index (χ4v) is 4.83. The third-order valence-corrected chi connectivity index (χ3v) is 6.62. The summed E-state index contributed by atoms with van der Waals surface area (Å²) in [5.41, 5.74) is 1.45. The average molecular weight is 478 g/mol. The van der Waals surface area contributed by atoms with E-state index in [1.165, 1.54) is 18.5 Å². The Labute approximate surface area is 200 Å². The van der Waals surface area contributed by atoms with Crippen molar-refractivity contribution in [3.05, 3.63) is 76.5 Å². The first-order valence-electron chi connectivity index (χ1n) is 10.9. The number of anilines is 1. The van der Waals surface area contributed by atoms with Gasteiger partial charge in [0, 0.05) is 42.8 Å². The molecule has 1 aliphatic carbocycles. The molecule has 1 N–H and O–H groups in total. The second-order valence-corrected chi connectivity index (χ2v) is 9.25. The molecule has 34 heavy (non-hydrogen) atoms. The van der Waals surface area contributed by atoms with E-state index in [2.05, 4.69) is 27.2 Å². The lowest BCUT2D eigenvalue weighted by Gasteiger charge is -2.58. The number of aromatic nitrogens is 3. The van der Waals surface area contributed by atoms with Gasteiger partial charge in [0.1, 0.15) is 5.69 Å². The molecule has 1 spiro atoms. The van der Waals surface area contributed by atoms with Crippen LogP contribution in [0, 0.1) is 23.1 Å². The summed E-state index contributed by atoms with van der Waals surface area (Å²) in [6, 6.07) is 10.6. The number of benzene rings is 1. The van der Waals surface area contributed by atoms with Crippen LogP contribution in [0.1, 0.15) is 47.4 Å². The highest BCUT2D eigenvalue weighted by molar-refractivity contribution is 6.34. The largest absolute Gasteiger partial charge is 0.342 e. The maximum absolute atomic E-state index is 14.6. The van der Waals surface area contributed by atoms with E-state index in [-0.39, 0.29) is 33.9 Å². The van der Waals surface area contributed by atoms with Crippen molar-refractivity contribution in [3.63, 3.8) is 0 Å². The Morgan fingerprint density at radius 1 is 1.15 bits per heavy atom. The van der Waals surface area contributed by atoms with Crippen molar-refractivity contribution in [2.45, 2.75) is 25.8 Å². The molecule has 1 aliphatic heterocycles. The number of nitrogens with zero attached hydrogens (tertiary/aromatic N) is 4. The lowest BCUT2D eigenvalue weighted by molar-refractivity contribution is -0.152. The van der Waals surface area contributed by atoms with E-state index in [1.807, 2.05) is 35.2 Å². The normalized spacial score (nSPS) is 16.3. The third-order valence-electron chi connectivity index (χ3n) is 6.34. The summed E-state index contributed by atoms with van der Waals surface area (Å²) in [4.78, 5) is 30.3. The lowest BCUT2D eigenvalue weighted by atomic mass is 9.60. The van der Waals surface area contributed by atoms with Crippen LogP contribution in [-0.4, -0.2) is 44.6 Å². The summed E-state index contributed by atoms with van der Waals surface area (Å²) >= 11 is 6.25. The van der Waals surface area contributed by atoms with Crippen LogP contribution in [0.5, 0.6) is 0 Å². The minimum absolute atomic E-state index is 0.00389. The van der Waals surface area contributed by atoms with Crippen molar-refractivity contribution in [1.29, 1.82) is 0 Å². The van der Waals surface area contributed by atoms with Crippen molar-refractivity contribution >= 4 is 29.2 Å². The highest BCUT2D eigenvalue weighted by Gasteiger charge is 2.54. The summed E-state index contributed by atoms with van der Waals surface area (Å²) in [7, 11) is 0. The molecule has 1 aromatic carbocycles. The van der Waals surface area contributed by atoms with Crippen LogP contribution in [0.4, 0.5) is 10.2 Å². The minimum atomic E-state index is -0.697. The molecule has 0 unspecified atom stereocenters. The Morgan fingerprint density at radius 3 is 2.53 bits per heavy atom. The standard InChI is InChI=1S/C25H21ClFN5O2/c1-16(33)31-14-25(15-31)10-19(11-25)32-22(20(26)13-29-32)24(34)30-23-21(27)9-18(12-28-23)8-7-17-5-3-2-4-6-17/h2-6,9,12-13,19H,10-11,14-15H2,1H3,(H,28,30,34). The van der Waals surface area contributed by atoms with E-state index < -0.39 is 11.7 Å². The molecule has 2 fully saturated rings. The number of hydrogen-bond donors (Lipinski definition) is 1. The first kappa shape index (κ1) is 22.1. The fraction of sp³-hybridized carbons (Fsp3) is 0.280. The van der Waals surface area contributed by atoms with E-state index in [9.17, 15) is 14.0 Å². The second-order valence-electron chi connectivity index (χ2n) is 8.85. The summed E-state index contributed by atoms with van der Waals surface area (Å²) in [5.74, 6) is 4.38. The topological polar surface area (TPSA) is 80.1 Å². The molecule has 0 bridgehead atoms. The van der Waals surface area contributed by atoms with Crippen LogP contribution >= 0.6 is 11.6 Å². The SMILES string of the molecule is CC(=O)N1CC2(CC(n3ncc(Cl)c3C(=O)Nc3ncc(C#Cc4ccccc4)cc3F)C2)C1. The van der Waals surface area contributed by atoms with Gasteiger partial charge in [-0.05, 0) is 31.0 Å². The van der Waals surface area contributed by atoms with Gasteiger partial charge in [0.25, 0.3) is 5.91 Å². The predicted octanol–water partition coefficient (Wildman–Crippen LogP) is 3.91. The third kappa shape index (κ3) is 4.15. The molecule has 2 aromatic heterocycles. The lowest BCUT2D eigenvalue weighted by Crippen LogP contribution is -2.63. The van der Waals surface area contributed by atoms with E-state index >= 15 is 0 Å². The summed E-state index contributed by atoms with van der Waals surface area (Å²) in [6.45, 7) is 3.02. The quantitative estimate of drug-likeness (QED) is 0.580. The number of carbonyl (C=O) groups excluding carboxylic acids is 2. The molecule has 1 saturated carbocycles. The monoisotopic (exact) mass is 477 g/mol. The highest BCUT2D eigenvalue weighted by atomic mass is 35.5. The summed E-state index contributed by atoms with van der Waals surface area (Å²) < 4.78 is 16.2. The molecular formula is C25H21ClFN5O2. The van der Waals surface area contributed by atoms with Crippen LogP contribution in [0.2, 0.25) is 5.02 Å². The van der Waals surface area contributed by atoms with E-state index in [1.54, 1.807) is 11.6 Å². The van der Waals surface area contributed by atoms with Gasteiger partial charge in [0.15, 0.2) is 11.6 Å². The van der Waals surface area contributed by atoms with Gasteiger partial charge in [0.2, 0.25) is 5.91 Å². The minimum Gasteiger partial charge on any atom is -0.342 e. The molecular weight excluding hydrogens is 457 g/mol. The van der Waals surface area contributed by atoms with E-state index in [4.69, 9.17) is 11.6 Å². The highest BCUT2D eigenvalue weighted by Crippen LogP contribution is 2.54. The van der Waals surface area contributed by atoms with Gasteiger partial charge in [-0.1, -0.05) is 41.6 Å². The molecule has 3 heterocycles. The number of halogens is 2. The van der Waals surface area contributed by atoms with Gasteiger partial charge >= 0.3 is 0 Å². The Kier molecular flexibility index (Phi) is 5.58. The Bertz CT molecular complexity index is 1330. The molecule has 0 atom stereocenters. The molecule has 7 nitrogen and oxygen atoms in total. The van der Waals surface area contributed by atoms with Crippen LogP contribution in [-0.2, 0) is 4.79 Å². The van der Waals surface area contributed by atoms with E-state index in [0.717, 1.165) is 31.5 Å². The van der Waals surface area contributed by atoms with Gasteiger partial charge in [-0.2, -0.15) is 5.10 Å². The van der Waals surface area contributed by atoms with Crippen LogP contribution in [0.15, 0.2) is 48.8 Å². The zero-order valence-corrected chi connectivity index (χ0v) is 19.1. The summed E-state index contributed by atoms with van der Waals surface area (Å²) in [6.07, 6.45) is 4.42. The van der Waals surface area contributed by atoms with E-state index in [0.29, 0.717) is 5.56 Å². The zero-order chi connectivity index (χ0) is 23.9. The number of pyridine rings is 1. The molecule has 9 heteroatoms. The molecule has 0 radical (unpaired) electrons.